The van der Waals surface area contributed by atoms with Crippen LogP contribution in [0.2, 0.25) is 0 Å². The SMILES string of the molecule is Cc1ccccc1-c1c(C#N)c(N)nc2sc(C(=O)c3ccccc3)c(N)c12. The monoisotopic (exact) mass is 384 g/mol. The van der Waals surface area contributed by atoms with Crippen molar-refractivity contribution in [3.8, 4) is 17.2 Å². The van der Waals surface area contributed by atoms with Gasteiger partial charge in [-0.15, -0.1) is 11.3 Å². The fraction of sp³-hybridized carbons (Fsp3) is 0.0455. The second kappa shape index (κ2) is 6.80. The highest BCUT2D eigenvalue weighted by molar-refractivity contribution is 7.21. The number of hydrogen-bond donors (Lipinski definition) is 2. The summed E-state index contributed by atoms with van der Waals surface area (Å²) in [5.41, 5.74) is 16.1. The van der Waals surface area contributed by atoms with Gasteiger partial charge < -0.3 is 11.5 Å². The molecule has 0 fully saturated rings. The summed E-state index contributed by atoms with van der Waals surface area (Å²) < 4.78 is 0. The Kier molecular flexibility index (Phi) is 4.30. The molecule has 4 rings (SSSR count). The van der Waals surface area contributed by atoms with Crippen LogP contribution in [0.3, 0.4) is 0 Å². The second-order valence-electron chi connectivity index (χ2n) is 6.39. The lowest BCUT2D eigenvalue weighted by atomic mass is 9.93. The van der Waals surface area contributed by atoms with Gasteiger partial charge in [0.15, 0.2) is 0 Å². The van der Waals surface area contributed by atoms with Crippen molar-refractivity contribution in [2.75, 3.05) is 11.5 Å². The van der Waals surface area contributed by atoms with Crippen LogP contribution in [0, 0.1) is 18.3 Å². The summed E-state index contributed by atoms with van der Waals surface area (Å²) in [7, 11) is 0. The van der Waals surface area contributed by atoms with Crippen LogP contribution in [0.25, 0.3) is 21.3 Å². The van der Waals surface area contributed by atoms with Gasteiger partial charge in [0.2, 0.25) is 5.78 Å². The Morgan fingerprint density at radius 1 is 1.07 bits per heavy atom. The highest BCUT2D eigenvalue weighted by Crippen LogP contribution is 2.43. The summed E-state index contributed by atoms with van der Waals surface area (Å²) >= 11 is 1.20. The molecule has 28 heavy (non-hydrogen) atoms. The number of pyridine rings is 1. The topological polar surface area (TPSA) is 106 Å². The third kappa shape index (κ3) is 2.70. The van der Waals surface area contributed by atoms with E-state index < -0.39 is 0 Å². The molecule has 4 aromatic rings. The number of aromatic nitrogens is 1. The van der Waals surface area contributed by atoms with Crippen molar-refractivity contribution in [2.45, 2.75) is 6.92 Å². The molecule has 0 aliphatic rings. The normalized spacial score (nSPS) is 10.7. The lowest BCUT2D eigenvalue weighted by Crippen LogP contribution is -2.03. The first-order valence-electron chi connectivity index (χ1n) is 8.60. The molecular weight excluding hydrogens is 368 g/mol. The molecule has 0 saturated heterocycles. The molecule has 0 aliphatic heterocycles. The fourth-order valence-electron chi connectivity index (χ4n) is 3.30. The number of benzene rings is 2. The van der Waals surface area contributed by atoms with E-state index in [4.69, 9.17) is 11.5 Å². The number of nitrogens with zero attached hydrogens (tertiary/aromatic N) is 2. The minimum absolute atomic E-state index is 0.133. The number of nitriles is 1. The van der Waals surface area contributed by atoms with Crippen molar-refractivity contribution in [3.63, 3.8) is 0 Å². The van der Waals surface area contributed by atoms with E-state index >= 15 is 0 Å². The Morgan fingerprint density at radius 2 is 1.75 bits per heavy atom. The maximum absolute atomic E-state index is 13.0. The molecule has 4 N–H and O–H groups in total. The summed E-state index contributed by atoms with van der Waals surface area (Å²) in [5.74, 6) is -0.0397. The number of ketones is 1. The second-order valence-corrected chi connectivity index (χ2v) is 7.39. The number of aryl methyl sites for hydroxylation is 1. The Labute approximate surface area is 165 Å². The molecule has 0 unspecified atom stereocenters. The maximum atomic E-state index is 13.0. The summed E-state index contributed by atoms with van der Waals surface area (Å²) in [6, 6.07) is 18.8. The minimum atomic E-state index is -0.172. The first-order chi connectivity index (χ1) is 13.5. The van der Waals surface area contributed by atoms with E-state index in [9.17, 15) is 10.1 Å². The Bertz CT molecular complexity index is 1270. The number of hydrogen-bond acceptors (Lipinski definition) is 6. The molecule has 0 atom stereocenters. The summed E-state index contributed by atoms with van der Waals surface area (Å²) in [6.07, 6.45) is 0. The van der Waals surface area contributed by atoms with E-state index in [1.807, 2.05) is 37.3 Å². The van der Waals surface area contributed by atoms with Gasteiger partial charge in [0.05, 0.1) is 5.69 Å². The predicted molar refractivity (Wildman–Crippen MR) is 113 cm³/mol. The maximum Gasteiger partial charge on any atom is 0.205 e. The molecule has 0 amide bonds. The molecule has 0 bridgehead atoms. The van der Waals surface area contributed by atoms with Crippen molar-refractivity contribution in [1.29, 1.82) is 5.26 Å². The molecule has 2 aromatic heterocycles. The Balaban J connectivity index is 2.07. The van der Waals surface area contributed by atoms with Crippen LogP contribution in [0.4, 0.5) is 11.5 Å². The van der Waals surface area contributed by atoms with Crippen molar-refractivity contribution >= 4 is 38.8 Å². The summed E-state index contributed by atoms with van der Waals surface area (Å²) in [5, 5.41) is 10.3. The van der Waals surface area contributed by atoms with Crippen LogP contribution >= 0.6 is 11.3 Å². The number of fused-ring (bicyclic) bond motifs is 1. The third-order valence-corrected chi connectivity index (χ3v) is 5.77. The number of anilines is 2. The highest BCUT2D eigenvalue weighted by atomic mass is 32.1. The predicted octanol–water partition coefficient (Wildman–Crippen LogP) is 4.54. The van der Waals surface area contributed by atoms with Crippen LogP contribution in [0.15, 0.2) is 54.6 Å². The molecule has 0 spiro atoms. The fourth-order valence-corrected chi connectivity index (χ4v) is 4.37. The first kappa shape index (κ1) is 17.7. The van der Waals surface area contributed by atoms with E-state index in [2.05, 4.69) is 11.1 Å². The highest BCUT2D eigenvalue weighted by Gasteiger charge is 2.25. The van der Waals surface area contributed by atoms with Crippen molar-refractivity contribution in [3.05, 3.63) is 76.2 Å². The number of nitrogens with two attached hydrogens (primary N) is 2. The quantitative estimate of drug-likeness (QED) is 0.505. The largest absolute Gasteiger partial charge is 0.397 e. The zero-order chi connectivity index (χ0) is 19.8. The number of carbonyl (C=O) groups is 1. The lowest BCUT2D eigenvalue weighted by molar-refractivity contribution is 0.104. The third-order valence-electron chi connectivity index (χ3n) is 4.67. The van der Waals surface area contributed by atoms with Gasteiger partial charge in [0.1, 0.15) is 27.2 Å². The number of thiophene rings is 1. The van der Waals surface area contributed by atoms with Gasteiger partial charge in [-0.3, -0.25) is 4.79 Å². The van der Waals surface area contributed by atoms with Gasteiger partial charge in [-0.2, -0.15) is 5.26 Å². The molecule has 0 saturated carbocycles. The van der Waals surface area contributed by atoms with E-state index in [0.717, 1.165) is 11.1 Å². The van der Waals surface area contributed by atoms with Crippen molar-refractivity contribution < 1.29 is 4.79 Å². The smallest absolute Gasteiger partial charge is 0.205 e. The molecule has 136 valence electrons. The van der Waals surface area contributed by atoms with Crippen LogP contribution in [-0.4, -0.2) is 10.8 Å². The zero-order valence-corrected chi connectivity index (χ0v) is 15.9. The van der Waals surface area contributed by atoms with Gasteiger partial charge in [-0.1, -0.05) is 54.6 Å². The van der Waals surface area contributed by atoms with E-state index in [1.165, 1.54) is 11.3 Å². The number of nitrogen functional groups attached to an aromatic ring is 2. The van der Waals surface area contributed by atoms with Crippen molar-refractivity contribution in [2.24, 2.45) is 0 Å². The molecule has 0 radical (unpaired) electrons. The van der Waals surface area contributed by atoms with E-state index in [1.54, 1.807) is 24.3 Å². The minimum Gasteiger partial charge on any atom is -0.397 e. The van der Waals surface area contributed by atoms with Crippen LogP contribution < -0.4 is 11.5 Å². The standard InChI is InChI=1S/C22H16N4OS/c1-12-7-5-6-10-14(12)16-15(11-23)21(25)26-22-17(16)18(24)20(28-22)19(27)13-8-3-2-4-9-13/h2-10H,24H2,1H3,(H2,25,26). The first-order valence-corrected chi connectivity index (χ1v) is 9.42. The van der Waals surface area contributed by atoms with Crippen LogP contribution in [0.5, 0.6) is 0 Å². The zero-order valence-electron chi connectivity index (χ0n) is 15.1. The van der Waals surface area contributed by atoms with Gasteiger partial charge >= 0.3 is 0 Å². The number of rotatable bonds is 3. The molecular formula is C22H16N4OS. The average molecular weight is 384 g/mol. The average Bonchev–Trinajstić information content (AvgIpc) is 3.03. The van der Waals surface area contributed by atoms with Gasteiger partial charge in [-0.05, 0) is 18.1 Å². The molecule has 6 heteroatoms. The number of carbonyl (C=O) groups excluding carboxylic acids is 1. The Hall–Kier alpha value is -3.69. The van der Waals surface area contributed by atoms with Gasteiger partial charge in [-0.25, -0.2) is 4.98 Å². The lowest BCUT2D eigenvalue weighted by Gasteiger charge is -2.11. The molecule has 2 heterocycles. The molecule has 5 nitrogen and oxygen atoms in total. The molecule has 0 aliphatic carbocycles. The van der Waals surface area contributed by atoms with Crippen LogP contribution in [0.1, 0.15) is 26.4 Å². The van der Waals surface area contributed by atoms with E-state index in [-0.39, 0.29) is 17.2 Å². The van der Waals surface area contributed by atoms with E-state index in [0.29, 0.717) is 31.9 Å². The van der Waals surface area contributed by atoms with Crippen LogP contribution in [-0.2, 0) is 0 Å². The Morgan fingerprint density at radius 3 is 2.43 bits per heavy atom. The summed E-state index contributed by atoms with van der Waals surface area (Å²) in [6.45, 7) is 1.96. The van der Waals surface area contributed by atoms with Gasteiger partial charge in [0.25, 0.3) is 0 Å². The van der Waals surface area contributed by atoms with Crippen molar-refractivity contribution in [1.82, 2.24) is 4.98 Å². The molecule has 2 aromatic carbocycles. The van der Waals surface area contributed by atoms with Gasteiger partial charge in [0, 0.05) is 16.5 Å². The summed E-state index contributed by atoms with van der Waals surface area (Å²) in [4.78, 5) is 18.3.